The van der Waals surface area contributed by atoms with Crippen molar-refractivity contribution in [2.75, 3.05) is 11.9 Å². The van der Waals surface area contributed by atoms with Gasteiger partial charge < -0.3 is 14.5 Å². The number of fused-ring (bicyclic) bond motifs is 2. The van der Waals surface area contributed by atoms with Gasteiger partial charge in [0.15, 0.2) is 5.69 Å². The summed E-state index contributed by atoms with van der Waals surface area (Å²) in [6.07, 6.45) is 6.48. The summed E-state index contributed by atoms with van der Waals surface area (Å²) in [4.78, 5) is 15.9. The molecule has 1 aromatic carbocycles. The zero-order chi connectivity index (χ0) is 16.7. The Hall–Kier alpha value is -2.37. The number of benzene rings is 1. The van der Waals surface area contributed by atoms with Gasteiger partial charge in [0.1, 0.15) is 12.1 Å². The summed E-state index contributed by atoms with van der Waals surface area (Å²) >= 11 is 0. The normalized spacial score (nSPS) is 15.2. The molecule has 0 aliphatic heterocycles. The Bertz CT molecular complexity index is 778. The van der Waals surface area contributed by atoms with Crippen LogP contribution in [0.3, 0.4) is 0 Å². The number of halogens is 1. The standard InChI is InChI=1S/C18H19FN2O3/c1-2-23-17(22)14-9-24-18(20-14)21-16-12-7-3-5-10(12)15(19)11-6-4-8-13(11)16/h9H,2-8H2,1H3,(H,20,21). The first-order valence-corrected chi connectivity index (χ1v) is 8.43. The van der Waals surface area contributed by atoms with E-state index in [4.69, 9.17) is 9.15 Å². The van der Waals surface area contributed by atoms with E-state index in [-0.39, 0.29) is 24.1 Å². The molecule has 5 nitrogen and oxygen atoms in total. The number of ether oxygens (including phenoxy) is 1. The third-order valence-electron chi connectivity index (χ3n) is 4.79. The van der Waals surface area contributed by atoms with Crippen molar-refractivity contribution >= 4 is 17.7 Å². The van der Waals surface area contributed by atoms with Crippen LogP contribution in [0.4, 0.5) is 16.1 Å². The number of carbonyl (C=O) groups excluding carboxylic acids is 1. The fraction of sp³-hybridized carbons (Fsp3) is 0.444. The monoisotopic (exact) mass is 330 g/mol. The van der Waals surface area contributed by atoms with Gasteiger partial charge in [0.25, 0.3) is 6.01 Å². The van der Waals surface area contributed by atoms with E-state index in [1.54, 1.807) is 6.92 Å². The maximum atomic E-state index is 14.7. The Morgan fingerprint density at radius 2 is 1.83 bits per heavy atom. The molecule has 126 valence electrons. The van der Waals surface area contributed by atoms with Crippen LogP contribution in [0.2, 0.25) is 0 Å². The van der Waals surface area contributed by atoms with Crippen molar-refractivity contribution in [3.05, 3.63) is 40.0 Å². The first-order chi connectivity index (χ1) is 11.7. The minimum Gasteiger partial charge on any atom is -0.461 e. The second kappa shape index (κ2) is 5.92. The van der Waals surface area contributed by atoms with Crippen molar-refractivity contribution in [1.29, 1.82) is 0 Å². The number of carbonyl (C=O) groups is 1. The number of esters is 1. The lowest BCUT2D eigenvalue weighted by atomic mass is 9.98. The van der Waals surface area contributed by atoms with E-state index in [9.17, 15) is 9.18 Å². The predicted octanol–water partition coefficient (Wildman–Crippen LogP) is 3.71. The fourth-order valence-corrected chi connectivity index (χ4v) is 3.78. The van der Waals surface area contributed by atoms with Crippen LogP contribution >= 0.6 is 0 Å². The second-order valence-corrected chi connectivity index (χ2v) is 6.19. The number of nitrogens with one attached hydrogen (secondary N) is 1. The molecule has 2 aliphatic carbocycles. The topological polar surface area (TPSA) is 64.4 Å². The Morgan fingerprint density at radius 1 is 1.21 bits per heavy atom. The van der Waals surface area contributed by atoms with Crippen LogP contribution in [0.5, 0.6) is 0 Å². The lowest BCUT2D eigenvalue weighted by Gasteiger charge is -2.16. The molecule has 2 aliphatic rings. The van der Waals surface area contributed by atoms with E-state index in [0.29, 0.717) is 0 Å². The summed E-state index contributed by atoms with van der Waals surface area (Å²) < 4.78 is 24.9. The van der Waals surface area contributed by atoms with Crippen LogP contribution in [0.1, 0.15) is 52.5 Å². The summed E-state index contributed by atoms with van der Waals surface area (Å²) in [5, 5.41) is 3.20. The first kappa shape index (κ1) is 15.2. The highest BCUT2D eigenvalue weighted by Gasteiger charge is 2.29. The van der Waals surface area contributed by atoms with E-state index < -0.39 is 5.97 Å². The molecule has 0 amide bonds. The van der Waals surface area contributed by atoms with Crippen molar-refractivity contribution in [1.82, 2.24) is 4.98 Å². The maximum Gasteiger partial charge on any atom is 0.360 e. The van der Waals surface area contributed by atoms with Crippen LogP contribution in [-0.4, -0.2) is 17.6 Å². The molecular weight excluding hydrogens is 311 g/mol. The molecule has 2 aromatic rings. The molecule has 0 fully saturated rings. The minimum atomic E-state index is -0.510. The van der Waals surface area contributed by atoms with E-state index in [0.717, 1.165) is 66.5 Å². The highest BCUT2D eigenvalue weighted by molar-refractivity contribution is 5.87. The molecule has 0 spiro atoms. The zero-order valence-corrected chi connectivity index (χ0v) is 13.6. The molecule has 0 saturated heterocycles. The summed E-state index contributed by atoms with van der Waals surface area (Å²) in [5.41, 5.74) is 4.78. The fourth-order valence-electron chi connectivity index (χ4n) is 3.78. The van der Waals surface area contributed by atoms with Crippen molar-refractivity contribution in [3.8, 4) is 0 Å². The van der Waals surface area contributed by atoms with Crippen molar-refractivity contribution in [2.45, 2.75) is 45.4 Å². The van der Waals surface area contributed by atoms with E-state index in [2.05, 4.69) is 10.3 Å². The molecule has 0 radical (unpaired) electrons. The van der Waals surface area contributed by atoms with Crippen molar-refractivity contribution in [2.24, 2.45) is 0 Å². The number of oxazole rings is 1. The molecule has 1 heterocycles. The molecule has 0 unspecified atom stereocenters. The number of nitrogens with zero attached hydrogens (tertiary/aromatic N) is 1. The zero-order valence-electron chi connectivity index (χ0n) is 13.6. The Labute approximate surface area is 139 Å². The Morgan fingerprint density at radius 3 is 2.46 bits per heavy atom. The Balaban J connectivity index is 1.70. The SMILES string of the molecule is CCOC(=O)c1coc(Nc2c3c(c(F)c4c2CCC4)CCC3)n1. The van der Waals surface area contributed by atoms with Crippen molar-refractivity contribution < 1.29 is 18.3 Å². The van der Waals surface area contributed by atoms with Gasteiger partial charge >= 0.3 is 5.97 Å². The first-order valence-electron chi connectivity index (χ1n) is 8.43. The van der Waals surface area contributed by atoms with Gasteiger partial charge in [0.2, 0.25) is 0 Å². The van der Waals surface area contributed by atoms with Crippen molar-refractivity contribution in [3.63, 3.8) is 0 Å². The third kappa shape index (κ3) is 2.37. The van der Waals surface area contributed by atoms with E-state index in [1.165, 1.54) is 6.26 Å². The predicted molar refractivity (Wildman–Crippen MR) is 86.2 cm³/mol. The highest BCUT2D eigenvalue weighted by atomic mass is 19.1. The number of hydrogen-bond acceptors (Lipinski definition) is 5. The summed E-state index contributed by atoms with van der Waals surface area (Å²) in [7, 11) is 0. The van der Waals surface area contributed by atoms with Gasteiger partial charge in [-0.05, 0) is 67.7 Å². The van der Waals surface area contributed by atoms with Gasteiger partial charge in [0.05, 0.1) is 6.61 Å². The average Bonchev–Trinajstić information content (AvgIpc) is 3.30. The highest BCUT2D eigenvalue weighted by Crippen LogP contribution is 2.41. The van der Waals surface area contributed by atoms with E-state index in [1.807, 2.05) is 0 Å². The van der Waals surface area contributed by atoms with Crippen LogP contribution in [0, 0.1) is 5.82 Å². The number of rotatable bonds is 4. The molecule has 1 aromatic heterocycles. The maximum absolute atomic E-state index is 14.7. The number of anilines is 2. The van der Waals surface area contributed by atoms with Gasteiger partial charge in [-0.3, -0.25) is 0 Å². The minimum absolute atomic E-state index is 0.0137. The number of hydrogen-bond donors (Lipinski definition) is 1. The molecule has 0 atom stereocenters. The summed E-state index contributed by atoms with van der Waals surface area (Å²) in [6, 6.07) is 0.243. The average molecular weight is 330 g/mol. The van der Waals surface area contributed by atoms with Gasteiger partial charge in [-0.2, -0.15) is 4.98 Å². The van der Waals surface area contributed by atoms with E-state index >= 15 is 0 Å². The second-order valence-electron chi connectivity index (χ2n) is 6.19. The smallest absolute Gasteiger partial charge is 0.360 e. The molecule has 24 heavy (non-hydrogen) atoms. The molecule has 6 heteroatoms. The van der Waals surface area contributed by atoms with Crippen LogP contribution < -0.4 is 5.32 Å². The molecular formula is C18H19FN2O3. The summed E-state index contributed by atoms with van der Waals surface area (Å²) in [6.45, 7) is 2.02. The van der Waals surface area contributed by atoms with Gasteiger partial charge in [-0.25, -0.2) is 9.18 Å². The van der Waals surface area contributed by atoms with Crippen LogP contribution in [0.15, 0.2) is 10.7 Å². The lowest BCUT2D eigenvalue weighted by Crippen LogP contribution is -2.07. The lowest BCUT2D eigenvalue weighted by molar-refractivity contribution is 0.0519. The number of aromatic nitrogens is 1. The summed E-state index contributed by atoms with van der Waals surface area (Å²) in [5.74, 6) is -0.524. The van der Waals surface area contributed by atoms with Gasteiger partial charge in [0, 0.05) is 5.69 Å². The quantitative estimate of drug-likeness (QED) is 0.866. The molecule has 4 rings (SSSR count). The molecule has 1 N–H and O–H groups in total. The molecule has 0 bridgehead atoms. The largest absolute Gasteiger partial charge is 0.461 e. The van der Waals surface area contributed by atoms with Crippen LogP contribution in [-0.2, 0) is 30.4 Å². The Kier molecular flexibility index (Phi) is 3.75. The molecule has 0 saturated carbocycles. The third-order valence-corrected chi connectivity index (χ3v) is 4.79. The van der Waals surface area contributed by atoms with Crippen LogP contribution in [0.25, 0.3) is 0 Å². The van der Waals surface area contributed by atoms with Gasteiger partial charge in [-0.1, -0.05) is 0 Å². The van der Waals surface area contributed by atoms with Gasteiger partial charge in [-0.15, -0.1) is 0 Å².